The normalized spacial score (nSPS) is 20.7. The highest BCUT2D eigenvalue weighted by Gasteiger charge is 2.63. The Morgan fingerprint density at radius 2 is 2.00 bits per heavy atom. The van der Waals surface area contributed by atoms with Crippen molar-refractivity contribution < 1.29 is 23.1 Å². The zero-order valence-corrected chi connectivity index (χ0v) is 14.6. The Morgan fingerprint density at radius 3 is 2.60 bits per heavy atom. The summed E-state index contributed by atoms with van der Waals surface area (Å²) in [5.74, 6) is -1.08. The maximum Gasteiger partial charge on any atom is 0.438 e. The number of benzene rings is 1. The average Bonchev–Trinajstić information content (AvgIpc) is 2.89. The minimum atomic E-state index is -5.03. The molecule has 1 N–H and O–H groups in total. The molecule has 0 bridgehead atoms. The highest BCUT2D eigenvalue weighted by Crippen LogP contribution is 2.42. The van der Waals surface area contributed by atoms with Crippen molar-refractivity contribution in [2.75, 3.05) is 0 Å². The predicted molar refractivity (Wildman–Crippen MR) is 89.4 cm³/mol. The quantitative estimate of drug-likeness (QED) is 0.727. The number of alkyl halides is 3. The monoisotopic (exact) mass is 376 g/mol. The van der Waals surface area contributed by atoms with Gasteiger partial charge in [-0.15, -0.1) is 0 Å². The maximum absolute atomic E-state index is 13.4. The van der Waals surface area contributed by atoms with Gasteiger partial charge in [0.05, 0.1) is 10.6 Å². The second-order valence-electron chi connectivity index (χ2n) is 6.06. The molecule has 1 aromatic carbocycles. The molecule has 1 atom stereocenters. The maximum atomic E-state index is 13.4. The Kier molecular flexibility index (Phi) is 6.11. The SMILES string of the molecule is CCCCCCC1=NN(C(=O)c2ccccc2Cl)C(O)(C(F)(F)F)C1. The van der Waals surface area contributed by atoms with Crippen LogP contribution in [0.2, 0.25) is 5.02 Å². The molecule has 1 aromatic rings. The number of rotatable bonds is 6. The van der Waals surface area contributed by atoms with Crippen LogP contribution >= 0.6 is 11.6 Å². The summed E-state index contributed by atoms with van der Waals surface area (Å²) >= 11 is 5.90. The van der Waals surface area contributed by atoms with Gasteiger partial charge in [-0.05, 0) is 25.0 Å². The molecule has 1 amide bonds. The Labute approximate surface area is 149 Å². The summed E-state index contributed by atoms with van der Waals surface area (Å²) in [7, 11) is 0. The number of unbranched alkanes of at least 4 members (excludes halogenated alkanes) is 3. The van der Waals surface area contributed by atoms with Gasteiger partial charge >= 0.3 is 6.18 Å². The number of hydrazone groups is 1. The molecule has 1 unspecified atom stereocenters. The van der Waals surface area contributed by atoms with Gasteiger partial charge in [0.2, 0.25) is 0 Å². The molecule has 0 spiro atoms. The number of nitrogens with zero attached hydrogens (tertiary/aromatic N) is 2. The van der Waals surface area contributed by atoms with Crippen molar-refractivity contribution in [1.29, 1.82) is 0 Å². The van der Waals surface area contributed by atoms with E-state index in [1.807, 2.05) is 6.92 Å². The first-order valence-corrected chi connectivity index (χ1v) is 8.53. The summed E-state index contributed by atoms with van der Waals surface area (Å²) in [4.78, 5) is 12.5. The number of hydrogen-bond acceptors (Lipinski definition) is 3. The summed E-state index contributed by atoms with van der Waals surface area (Å²) < 4.78 is 40.3. The number of hydrogen-bond donors (Lipinski definition) is 1. The predicted octanol–water partition coefficient (Wildman–Crippen LogP) is 4.76. The van der Waals surface area contributed by atoms with Gasteiger partial charge in [-0.25, -0.2) is 0 Å². The summed E-state index contributed by atoms with van der Waals surface area (Å²) in [6.07, 6.45) is -1.97. The summed E-state index contributed by atoms with van der Waals surface area (Å²) in [6.45, 7) is 2.03. The van der Waals surface area contributed by atoms with E-state index in [0.29, 0.717) is 12.8 Å². The van der Waals surface area contributed by atoms with Gasteiger partial charge in [0, 0.05) is 12.1 Å². The standard InChI is InChI=1S/C17H20ClF3N2O2/c1-2-3-4-5-8-12-11-16(25,17(19,20)21)23(22-12)15(24)13-9-6-7-10-14(13)18/h6-7,9-10,25H,2-5,8,11H2,1H3. The molecule has 1 aliphatic heterocycles. The lowest BCUT2D eigenvalue weighted by Gasteiger charge is -2.32. The van der Waals surface area contributed by atoms with Crippen molar-refractivity contribution >= 4 is 23.2 Å². The fraction of sp³-hybridized carbons (Fsp3) is 0.529. The van der Waals surface area contributed by atoms with Crippen LogP contribution in [0.1, 0.15) is 55.8 Å². The molecule has 25 heavy (non-hydrogen) atoms. The fourth-order valence-corrected chi connectivity index (χ4v) is 2.91. The molecule has 8 heteroatoms. The molecule has 0 aliphatic carbocycles. The lowest BCUT2D eigenvalue weighted by Crippen LogP contribution is -2.56. The fourth-order valence-electron chi connectivity index (χ4n) is 2.70. The number of halogens is 4. The molecular formula is C17H20ClF3N2O2. The lowest BCUT2D eigenvalue weighted by molar-refractivity contribution is -0.297. The largest absolute Gasteiger partial charge is 0.438 e. The van der Waals surface area contributed by atoms with Gasteiger partial charge in [-0.2, -0.15) is 23.3 Å². The van der Waals surface area contributed by atoms with Crippen LogP contribution in [0.5, 0.6) is 0 Å². The van der Waals surface area contributed by atoms with Gasteiger partial charge in [0.1, 0.15) is 0 Å². The van der Waals surface area contributed by atoms with Crippen LogP contribution in [-0.2, 0) is 0 Å². The van der Waals surface area contributed by atoms with Crippen molar-refractivity contribution in [3.63, 3.8) is 0 Å². The van der Waals surface area contributed by atoms with Crippen molar-refractivity contribution in [3.8, 4) is 0 Å². The molecule has 0 radical (unpaired) electrons. The average molecular weight is 377 g/mol. The first kappa shape index (κ1) is 19.7. The van der Waals surface area contributed by atoms with E-state index in [9.17, 15) is 23.1 Å². The van der Waals surface area contributed by atoms with Gasteiger partial charge in [0.25, 0.3) is 11.6 Å². The van der Waals surface area contributed by atoms with Crippen LogP contribution in [0.3, 0.4) is 0 Å². The number of aliphatic hydroxyl groups is 1. The third-order valence-corrected chi connectivity index (χ3v) is 4.44. The van der Waals surface area contributed by atoms with Crippen LogP contribution in [-0.4, -0.2) is 33.6 Å². The molecule has 0 aromatic heterocycles. The number of carbonyl (C=O) groups excluding carboxylic acids is 1. The Bertz CT molecular complexity index is 664. The van der Waals surface area contributed by atoms with E-state index in [1.165, 1.54) is 18.2 Å². The highest BCUT2D eigenvalue weighted by molar-refractivity contribution is 6.33. The van der Waals surface area contributed by atoms with Crippen molar-refractivity contribution in [2.45, 2.75) is 57.3 Å². The van der Waals surface area contributed by atoms with Crippen LogP contribution < -0.4 is 0 Å². The molecule has 1 aliphatic rings. The van der Waals surface area contributed by atoms with E-state index in [2.05, 4.69) is 5.10 Å². The molecule has 2 rings (SSSR count). The van der Waals surface area contributed by atoms with Crippen molar-refractivity contribution in [3.05, 3.63) is 34.9 Å². The second-order valence-corrected chi connectivity index (χ2v) is 6.47. The molecular weight excluding hydrogens is 357 g/mol. The summed E-state index contributed by atoms with van der Waals surface area (Å²) in [6, 6.07) is 5.74. The van der Waals surface area contributed by atoms with Gasteiger partial charge in [-0.3, -0.25) is 4.79 Å². The summed E-state index contributed by atoms with van der Waals surface area (Å²) in [5, 5.41) is 14.1. The molecule has 4 nitrogen and oxygen atoms in total. The zero-order valence-electron chi connectivity index (χ0n) is 13.8. The van der Waals surface area contributed by atoms with Crippen LogP contribution in [0.4, 0.5) is 13.2 Å². The zero-order chi connectivity index (χ0) is 18.7. The van der Waals surface area contributed by atoms with Crippen LogP contribution in [0.15, 0.2) is 29.4 Å². The second kappa shape index (κ2) is 7.74. The van der Waals surface area contributed by atoms with E-state index in [-0.39, 0.29) is 21.3 Å². The van der Waals surface area contributed by atoms with Gasteiger partial charge in [0.15, 0.2) is 0 Å². The Hall–Kier alpha value is -1.60. The van der Waals surface area contributed by atoms with Gasteiger partial charge < -0.3 is 5.11 Å². The van der Waals surface area contributed by atoms with Gasteiger partial charge in [-0.1, -0.05) is 49.9 Å². The Balaban J connectivity index is 2.28. The topological polar surface area (TPSA) is 52.9 Å². The molecule has 0 fully saturated rings. The van der Waals surface area contributed by atoms with E-state index in [4.69, 9.17) is 11.6 Å². The van der Waals surface area contributed by atoms with E-state index in [0.717, 1.165) is 19.3 Å². The molecule has 0 saturated carbocycles. The third kappa shape index (κ3) is 4.15. The van der Waals surface area contributed by atoms with Crippen molar-refractivity contribution in [2.24, 2.45) is 5.10 Å². The molecule has 1 heterocycles. The lowest BCUT2D eigenvalue weighted by atomic mass is 10.0. The van der Waals surface area contributed by atoms with E-state index < -0.39 is 24.2 Å². The summed E-state index contributed by atoms with van der Waals surface area (Å²) in [5.41, 5.74) is -3.32. The van der Waals surface area contributed by atoms with Crippen molar-refractivity contribution in [1.82, 2.24) is 5.01 Å². The van der Waals surface area contributed by atoms with Crippen LogP contribution in [0.25, 0.3) is 0 Å². The smallest absolute Gasteiger partial charge is 0.362 e. The first-order chi connectivity index (χ1) is 11.7. The third-order valence-electron chi connectivity index (χ3n) is 4.11. The minimum Gasteiger partial charge on any atom is -0.362 e. The highest BCUT2D eigenvalue weighted by atomic mass is 35.5. The van der Waals surface area contributed by atoms with E-state index >= 15 is 0 Å². The number of carbonyl (C=O) groups is 1. The van der Waals surface area contributed by atoms with E-state index in [1.54, 1.807) is 6.07 Å². The van der Waals surface area contributed by atoms with Crippen LogP contribution in [0, 0.1) is 0 Å². The molecule has 138 valence electrons. The Morgan fingerprint density at radius 1 is 1.32 bits per heavy atom. The number of amides is 1. The first-order valence-electron chi connectivity index (χ1n) is 8.15. The minimum absolute atomic E-state index is 0.00335. The molecule has 0 saturated heterocycles.